The standard InChI is InChI=1S/C30H38N4O4.C2H6/c1-18-9-11-25-19(2)24(13-14-37-25)34-27(35)16-21(32-29(34)31)8-6-5-7-20-10-12-26-22(15-20)23(33-28(18)36)17-30(3,4)38-26;1-2/h9-12,15,21,23-24H,2,5-8,13-14,16-17H2,1,3-4H3,(H2,31,32)(H,33,36);1-2H3/b18-9+,25-11+;/t21?,23?,24-;/m1./s1. The Kier molecular flexibility index (Phi) is 9.06. The number of aryl methyl sites for hydroxylation is 1. The maximum absolute atomic E-state index is 13.2. The number of nitrogens with zero attached hydrogens (tertiary/aromatic N) is 2. The summed E-state index contributed by atoms with van der Waals surface area (Å²) in [6.45, 7) is 14.5. The van der Waals surface area contributed by atoms with E-state index in [1.54, 1.807) is 24.0 Å². The number of benzene rings is 1. The van der Waals surface area contributed by atoms with Crippen LogP contribution in [0.25, 0.3) is 0 Å². The van der Waals surface area contributed by atoms with Gasteiger partial charge in [-0.25, -0.2) is 4.99 Å². The fourth-order valence-corrected chi connectivity index (χ4v) is 5.82. The number of allylic oxidation sites excluding steroid dienone is 2. The van der Waals surface area contributed by atoms with Gasteiger partial charge in [0.1, 0.15) is 17.1 Å². The van der Waals surface area contributed by atoms with Crippen LogP contribution in [0.5, 0.6) is 5.75 Å². The first-order valence-electron chi connectivity index (χ1n) is 14.6. The SMILES string of the molecule is C=C1/C2=C\C=C(/C)C(=O)NC3CC(C)(C)Oc4ccc(cc43)CCCCC3CC(=O)N(C(N)=N3)[C@@H]1CCO2.CC. The van der Waals surface area contributed by atoms with Gasteiger partial charge in [0.2, 0.25) is 11.8 Å². The summed E-state index contributed by atoms with van der Waals surface area (Å²) in [5.41, 5.74) is 9.35. The van der Waals surface area contributed by atoms with Crippen molar-refractivity contribution in [3.05, 3.63) is 65.0 Å². The minimum atomic E-state index is -0.392. The molecule has 0 radical (unpaired) electrons. The van der Waals surface area contributed by atoms with E-state index < -0.39 is 5.60 Å². The summed E-state index contributed by atoms with van der Waals surface area (Å²) in [7, 11) is 0. The highest BCUT2D eigenvalue weighted by molar-refractivity contribution is 5.99. The van der Waals surface area contributed by atoms with Crippen molar-refractivity contribution in [2.45, 2.75) is 103 Å². The lowest BCUT2D eigenvalue weighted by atomic mass is 9.88. The van der Waals surface area contributed by atoms with Gasteiger partial charge in [0.15, 0.2) is 5.96 Å². The zero-order valence-electron chi connectivity index (χ0n) is 24.6. The number of carbonyl (C=O) groups is 2. The van der Waals surface area contributed by atoms with Crippen molar-refractivity contribution in [2.24, 2.45) is 10.7 Å². The highest BCUT2D eigenvalue weighted by Gasteiger charge is 2.37. The Balaban J connectivity index is 0.00000181. The summed E-state index contributed by atoms with van der Waals surface area (Å²) in [5.74, 6) is 1.44. The van der Waals surface area contributed by atoms with Crippen LogP contribution in [-0.4, -0.2) is 47.0 Å². The number of aliphatic imine (C=N–C) groups is 1. The molecule has 3 N–H and O–H groups in total. The van der Waals surface area contributed by atoms with Crippen molar-refractivity contribution in [3.63, 3.8) is 0 Å². The second-order valence-corrected chi connectivity index (χ2v) is 11.4. The second-order valence-electron chi connectivity index (χ2n) is 11.4. The van der Waals surface area contributed by atoms with Crippen molar-refractivity contribution in [2.75, 3.05) is 6.61 Å². The van der Waals surface area contributed by atoms with E-state index in [0.29, 0.717) is 42.8 Å². The highest BCUT2D eigenvalue weighted by atomic mass is 16.5. The van der Waals surface area contributed by atoms with Crippen LogP contribution in [0.1, 0.15) is 90.3 Å². The molecule has 1 saturated heterocycles. The molecule has 8 nitrogen and oxygen atoms in total. The maximum Gasteiger partial charge on any atom is 0.247 e. The number of hydrogen-bond acceptors (Lipinski definition) is 6. The number of rotatable bonds is 0. The first-order chi connectivity index (χ1) is 19.1. The fraction of sp³-hybridized carbons (Fsp3) is 0.531. The predicted molar refractivity (Wildman–Crippen MR) is 158 cm³/mol. The number of amides is 2. The Morgan fingerprint density at radius 1 is 1.15 bits per heavy atom. The monoisotopic (exact) mass is 548 g/mol. The van der Waals surface area contributed by atoms with E-state index in [1.165, 1.54) is 5.56 Å². The Labute approximate surface area is 238 Å². The molecule has 1 aromatic carbocycles. The molecule has 8 heteroatoms. The molecule has 2 amide bonds. The largest absolute Gasteiger partial charge is 0.493 e. The number of ether oxygens (including phenoxy) is 2. The topological polar surface area (TPSA) is 106 Å². The van der Waals surface area contributed by atoms with Gasteiger partial charge in [0, 0.05) is 36.0 Å². The van der Waals surface area contributed by atoms with Crippen molar-refractivity contribution in [3.8, 4) is 5.75 Å². The number of fused-ring (bicyclic) bond motifs is 7. The molecular formula is C32H44N4O4. The van der Waals surface area contributed by atoms with E-state index in [9.17, 15) is 9.59 Å². The zero-order valence-corrected chi connectivity index (χ0v) is 24.6. The molecule has 5 heterocycles. The smallest absolute Gasteiger partial charge is 0.247 e. The van der Waals surface area contributed by atoms with Crippen molar-refractivity contribution >= 4 is 17.8 Å². The maximum atomic E-state index is 13.2. The third-order valence-corrected chi connectivity index (χ3v) is 7.85. The molecule has 0 spiro atoms. The van der Waals surface area contributed by atoms with Crippen LogP contribution in [0.2, 0.25) is 0 Å². The molecule has 0 aliphatic carbocycles. The van der Waals surface area contributed by atoms with Crippen molar-refractivity contribution in [1.29, 1.82) is 0 Å². The first-order valence-corrected chi connectivity index (χ1v) is 14.6. The lowest BCUT2D eigenvalue weighted by Crippen LogP contribution is -2.54. The van der Waals surface area contributed by atoms with Gasteiger partial charge in [0.25, 0.3) is 0 Å². The molecule has 40 heavy (non-hydrogen) atoms. The molecule has 1 aromatic rings. The summed E-state index contributed by atoms with van der Waals surface area (Å²) < 4.78 is 12.1. The lowest BCUT2D eigenvalue weighted by Gasteiger charge is -2.39. The highest BCUT2D eigenvalue weighted by Crippen LogP contribution is 2.40. The Morgan fingerprint density at radius 3 is 2.67 bits per heavy atom. The number of carbonyl (C=O) groups excluding carboxylic acids is 2. The molecule has 2 unspecified atom stereocenters. The predicted octanol–water partition coefficient (Wildman–Crippen LogP) is 5.25. The Morgan fingerprint density at radius 2 is 1.93 bits per heavy atom. The van der Waals surface area contributed by atoms with Crippen LogP contribution >= 0.6 is 0 Å². The third-order valence-electron chi connectivity index (χ3n) is 7.85. The number of nitrogens with one attached hydrogen (secondary N) is 1. The van der Waals surface area contributed by atoms with Gasteiger partial charge in [-0.05, 0) is 57.7 Å². The van der Waals surface area contributed by atoms with Crippen LogP contribution in [-0.2, 0) is 20.7 Å². The summed E-state index contributed by atoms with van der Waals surface area (Å²) in [5, 5.41) is 3.23. The van der Waals surface area contributed by atoms with Gasteiger partial charge >= 0.3 is 0 Å². The summed E-state index contributed by atoms with van der Waals surface area (Å²) in [6, 6.07) is 5.72. The van der Waals surface area contributed by atoms with Crippen molar-refractivity contribution < 1.29 is 19.1 Å². The Bertz CT molecular complexity index is 1250. The van der Waals surface area contributed by atoms with Gasteiger partial charge in [-0.3, -0.25) is 14.5 Å². The Hall–Kier alpha value is -3.55. The number of guanidine groups is 1. The molecule has 0 saturated carbocycles. The zero-order chi connectivity index (χ0) is 29.0. The van der Waals surface area contributed by atoms with Gasteiger partial charge in [-0.15, -0.1) is 0 Å². The summed E-state index contributed by atoms with van der Waals surface area (Å²) >= 11 is 0. The molecule has 6 bridgehead atoms. The summed E-state index contributed by atoms with van der Waals surface area (Å²) in [6.07, 6.45) is 8.73. The molecule has 6 rings (SSSR count). The quantitative estimate of drug-likeness (QED) is 0.461. The molecule has 216 valence electrons. The average molecular weight is 549 g/mol. The second kappa shape index (κ2) is 12.3. The third kappa shape index (κ3) is 6.43. The van der Waals surface area contributed by atoms with Crippen LogP contribution in [0.15, 0.2) is 58.8 Å². The van der Waals surface area contributed by atoms with Crippen LogP contribution < -0.4 is 15.8 Å². The van der Waals surface area contributed by atoms with Crippen LogP contribution in [0, 0.1) is 0 Å². The van der Waals surface area contributed by atoms with Crippen LogP contribution in [0.4, 0.5) is 0 Å². The molecule has 5 aliphatic rings. The van der Waals surface area contributed by atoms with E-state index in [0.717, 1.165) is 37.0 Å². The van der Waals surface area contributed by atoms with E-state index in [4.69, 9.17) is 15.2 Å². The van der Waals surface area contributed by atoms with E-state index in [2.05, 4.69) is 29.0 Å². The minimum Gasteiger partial charge on any atom is -0.493 e. The molecular weight excluding hydrogens is 504 g/mol. The summed E-state index contributed by atoms with van der Waals surface area (Å²) in [4.78, 5) is 32.7. The number of hydrogen-bond donors (Lipinski definition) is 2. The van der Waals surface area contributed by atoms with E-state index >= 15 is 0 Å². The first kappa shape index (κ1) is 29.4. The average Bonchev–Trinajstić information content (AvgIpc) is 2.91. The van der Waals surface area contributed by atoms with Crippen LogP contribution in [0.3, 0.4) is 0 Å². The normalized spacial score (nSPS) is 29.1. The molecule has 3 atom stereocenters. The fourth-order valence-electron chi connectivity index (χ4n) is 5.82. The molecule has 1 fully saturated rings. The molecule has 5 aliphatic heterocycles. The van der Waals surface area contributed by atoms with Gasteiger partial charge in [0.05, 0.1) is 24.7 Å². The van der Waals surface area contributed by atoms with E-state index in [-0.39, 0.29) is 35.9 Å². The van der Waals surface area contributed by atoms with E-state index in [1.807, 2.05) is 33.8 Å². The minimum absolute atomic E-state index is 0.0287. The van der Waals surface area contributed by atoms with Gasteiger partial charge < -0.3 is 20.5 Å². The van der Waals surface area contributed by atoms with Gasteiger partial charge in [-0.2, -0.15) is 0 Å². The number of nitrogens with two attached hydrogens (primary N) is 1. The lowest BCUT2D eigenvalue weighted by molar-refractivity contribution is -0.130. The van der Waals surface area contributed by atoms with Crippen molar-refractivity contribution in [1.82, 2.24) is 10.2 Å². The van der Waals surface area contributed by atoms with Gasteiger partial charge in [-0.1, -0.05) is 45.1 Å². The molecule has 0 aromatic heterocycles.